The highest BCUT2D eigenvalue weighted by atomic mass is 32.1. The van der Waals surface area contributed by atoms with Crippen LogP contribution in [0.2, 0.25) is 0 Å². The van der Waals surface area contributed by atoms with Crippen LogP contribution < -0.4 is 20.1 Å². The smallest absolute Gasteiger partial charge is 0.286 e. The highest BCUT2D eigenvalue weighted by molar-refractivity contribution is 7.15. The van der Waals surface area contributed by atoms with Crippen LogP contribution >= 0.6 is 11.3 Å². The molecule has 0 radical (unpaired) electrons. The molecule has 186 valence electrons. The molecule has 3 aromatic rings. The van der Waals surface area contributed by atoms with Crippen LogP contribution in [0, 0.1) is 19.8 Å². The fourth-order valence-electron chi connectivity index (χ4n) is 4.18. The topological polar surface area (TPSA) is 123 Å². The number of aryl methyl sites for hydroxylation is 2. The van der Waals surface area contributed by atoms with Crippen LogP contribution in [0.3, 0.4) is 0 Å². The van der Waals surface area contributed by atoms with Gasteiger partial charge < -0.3 is 25.0 Å². The predicted molar refractivity (Wildman–Crippen MR) is 134 cm³/mol. The van der Waals surface area contributed by atoms with Gasteiger partial charge in [-0.15, -0.1) is 10.2 Å². The van der Waals surface area contributed by atoms with Crippen molar-refractivity contribution in [3.63, 3.8) is 0 Å². The molecular formula is C25H25N5O5S. The summed E-state index contributed by atoms with van der Waals surface area (Å²) in [5, 5.41) is 13.8. The molecule has 2 aliphatic heterocycles. The zero-order valence-corrected chi connectivity index (χ0v) is 20.7. The van der Waals surface area contributed by atoms with E-state index < -0.39 is 5.91 Å². The highest BCUT2D eigenvalue weighted by Gasteiger charge is 2.31. The van der Waals surface area contributed by atoms with Crippen molar-refractivity contribution in [3.8, 4) is 11.5 Å². The number of fused-ring (bicyclic) bond motifs is 1. The SMILES string of the molecule is Cc1ccc(C)c(NC(=O)[C@H]2CCCN(C(=O)c3nnc(C(=O)Nc4ccc5c(c4)OCO5)s3)C2)c1. The summed E-state index contributed by atoms with van der Waals surface area (Å²) in [6, 6.07) is 11.0. The molecular weight excluding hydrogens is 482 g/mol. The maximum absolute atomic E-state index is 13.1. The Hall–Kier alpha value is -3.99. The molecule has 0 spiro atoms. The molecule has 0 bridgehead atoms. The number of anilines is 2. The number of amides is 3. The number of ether oxygens (including phenoxy) is 2. The molecule has 3 amide bonds. The van der Waals surface area contributed by atoms with E-state index in [2.05, 4.69) is 20.8 Å². The summed E-state index contributed by atoms with van der Waals surface area (Å²) in [5.74, 6) is -0.0956. The van der Waals surface area contributed by atoms with Gasteiger partial charge >= 0.3 is 0 Å². The third-order valence-corrected chi connectivity index (χ3v) is 7.07. The molecule has 1 fully saturated rings. The fraction of sp³-hybridized carbons (Fsp3) is 0.320. The van der Waals surface area contributed by atoms with Crippen LogP contribution in [0.1, 0.15) is 43.6 Å². The number of carbonyl (C=O) groups excluding carboxylic acids is 3. The molecule has 2 aliphatic rings. The Labute approximate surface area is 211 Å². The van der Waals surface area contributed by atoms with E-state index in [0.717, 1.165) is 28.2 Å². The maximum Gasteiger partial charge on any atom is 0.286 e. The van der Waals surface area contributed by atoms with Gasteiger partial charge in [0, 0.05) is 30.5 Å². The molecule has 36 heavy (non-hydrogen) atoms. The quantitative estimate of drug-likeness (QED) is 0.541. The summed E-state index contributed by atoms with van der Waals surface area (Å²) in [7, 11) is 0. The molecule has 10 nitrogen and oxygen atoms in total. The number of piperidine rings is 1. The monoisotopic (exact) mass is 507 g/mol. The van der Waals surface area contributed by atoms with E-state index in [9.17, 15) is 14.4 Å². The molecule has 1 atom stereocenters. The first-order valence-corrected chi connectivity index (χ1v) is 12.4. The normalized spacial score (nSPS) is 16.5. The predicted octanol–water partition coefficient (Wildman–Crippen LogP) is 3.63. The largest absolute Gasteiger partial charge is 0.454 e. The zero-order valence-electron chi connectivity index (χ0n) is 19.9. The molecule has 11 heteroatoms. The molecule has 3 heterocycles. The lowest BCUT2D eigenvalue weighted by Gasteiger charge is -2.31. The molecule has 2 aromatic carbocycles. The second-order valence-corrected chi connectivity index (χ2v) is 9.81. The molecule has 0 unspecified atom stereocenters. The van der Waals surface area contributed by atoms with Crippen LogP contribution in [0.25, 0.3) is 0 Å². The fourth-order valence-corrected chi connectivity index (χ4v) is 4.88. The van der Waals surface area contributed by atoms with Crippen molar-refractivity contribution in [2.75, 3.05) is 30.5 Å². The lowest BCUT2D eigenvalue weighted by atomic mass is 9.96. The number of nitrogens with one attached hydrogen (secondary N) is 2. The average molecular weight is 508 g/mol. The lowest BCUT2D eigenvalue weighted by Crippen LogP contribution is -2.43. The van der Waals surface area contributed by atoms with Gasteiger partial charge in [0.1, 0.15) is 0 Å². The number of hydrogen-bond donors (Lipinski definition) is 2. The summed E-state index contributed by atoms with van der Waals surface area (Å²) in [5.41, 5.74) is 3.34. The molecule has 2 N–H and O–H groups in total. The minimum Gasteiger partial charge on any atom is -0.454 e. The number of benzene rings is 2. The second-order valence-electron chi connectivity index (χ2n) is 8.83. The van der Waals surface area contributed by atoms with E-state index >= 15 is 0 Å². The summed E-state index contributed by atoms with van der Waals surface area (Å²) in [4.78, 5) is 40.3. The molecule has 1 saturated heterocycles. The van der Waals surface area contributed by atoms with Gasteiger partial charge in [-0.2, -0.15) is 0 Å². The Kier molecular flexibility index (Phi) is 6.55. The lowest BCUT2D eigenvalue weighted by molar-refractivity contribution is -0.121. The van der Waals surface area contributed by atoms with Crippen LogP contribution in [0.15, 0.2) is 36.4 Å². The maximum atomic E-state index is 13.1. The Morgan fingerprint density at radius 3 is 2.67 bits per heavy atom. The van der Waals surface area contributed by atoms with Gasteiger partial charge in [0.25, 0.3) is 11.8 Å². The van der Waals surface area contributed by atoms with Crippen molar-refractivity contribution < 1.29 is 23.9 Å². The van der Waals surface area contributed by atoms with E-state index in [1.807, 2.05) is 32.0 Å². The second kappa shape index (κ2) is 9.94. The Morgan fingerprint density at radius 1 is 1.00 bits per heavy atom. The van der Waals surface area contributed by atoms with Crippen molar-refractivity contribution in [1.82, 2.24) is 15.1 Å². The Balaban J connectivity index is 1.21. The third-order valence-electron chi connectivity index (χ3n) is 6.16. The van der Waals surface area contributed by atoms with Gasteiger partial charge in [0.2, 0.25) is 22.7 Å². The van der Waals surface area contributed by atoms with E-state index in [-0.39, 0.29) is 41.1 Å². The van der Waals surface area contributed by atoms with E-state index in [4.69, 9.17) is 9.47 Å². The number of carbonyl (C=O) groups is 3. The average Bonchev–Trinajstić information content (AvgIpc) is 3.55. The van der Waals surface area contributed by atoms with Gasteiger partial charge in [0.15, 0.2) is 11.5 Å². The summed E-state index contributed by atoms with van der Waals surface area (Å²) < 4.78 is 10.6. The van der Waals surface area contributed by atoms with Crippen LogP contribution in [0.4, 0.5) is 11.4 Å². The first-order chi connectivity index (χ1) is 17.4. The molecule has 0 saturated carbocycles. The van der Waals surface area contributed by atoms with Gasteiger partial charge in [-0.1, -0.05) is 23.5 Å². The van der Waals surface area contributed by atoms with E-state index in [1.165, 1.54) is 0 Å². The summed E-state index contributed by atoms with van der Waals surface area (Å²) in [6.45, 7) is 4.86. The van der Waals surface area contributed by atoms with Crippen LogP contribution in [-0.4, -0.2) is 52.7 Å². The zero-order chi connectivity index (χ0) is 25.2. The molecule has 1 aromatic heterocycles. The van der Waals surface area contributed by atoms with Crippen LogP contribution in [0.5, 0.6) is 11.5 Å². The molecule has 5 rings (SSSR count). The number of nitrogens with zero attached hydrogens (tertiary/aromatic N) is 3. The summed E-state index contributed by atoms with van der Waals surface area (Å²) in [6.07, 6.45) is 1.40. The van der Waals surface area contributed by atoms with Crippen molar-refractivity contribution >= 4 is 40.4 Å². The highest BCUT2D eigenvalue weighted by Crippen LogP contribution is 2.34. The van der Waals surface area contributed by atoms with Crippen molar-refractivity contribution in [2.45, 2.75) is 26.7 Å². The standard InChI is InChI=1S/C25H25N5O5S/c1-14-5-6-15(2)18(10-14)27-21(31)16-4-3-9-30(12-16)25(33)24-29-28-23(36-24)22(32)26-17-7-8-19-20(11-17)35-13-34-19/h5-8,10-11,16H,3-4,9,12-13H2,1-2H3,(H,26,32)(H,27,31)/t16-/m0/s1. The third kappa shape index (κ3) is 5.01. The van der Waals surface area contributed by atoms with Crippen LogP contribution in [-0.2, 0) is 4.79 Å². The van der Waals surface area contributed by atoms with Gasteiger partial charge in [-0.3, -0.25) is 14.4 Å². The number of likely N-dealkylation sites (tertiary alicyclic amines) is 1. The van der Waals surface area contributed by atoms with Gasteiger partial charge in [0.05, 0.1) is 5.92 Å². The minimum atomic E-state index is -0.477. The van der Waals surface area contributed by atoms with Gasteiger partial charge in [-0.05, 0) is 56.0 Å². The minimum absolute atomic E-state index is 0.0669. The van der Waals surface area contributed by atoms with Crippen molar-refractivity contribution in [2.24, 2.45) is 5.92 Å². The number of hydrogen-bond acceptors (Lipinski definition) is 8. The van der Waals surface area contributed by atoms with Crippen molar-refractivity contribution in [3.05, 3.63) is 57.5 Å². The van der Waals surface area contributed by atoms with Gasteiger partial charge in [-0.25, -0.2) is 0 Å². The number of rotatable bonds is 5. The first-order valence-electron chi connectivity index (χ1n) is 11.6. The van der Waals surface area contributed by atoms with Crippen molar-refractivity contribution in [1.29, 1.82) is 0 Å². The Bertz CT molecular complexity index is 1340. The Morgan fingerprint density at radius 2 is 1.81 bits per heavy atom. The summed E-state index contributed by atoms with van der Waals surface area (Å²) >= 11 is 0.921. The van der Waals surface area contributed by atoms with E-state index in [0.29, 0.717) is 36.6 Å². The first kappa shape index (κ1) is 23.7. The molecule has 0 aliphatic carbocycles. The number of aromatic nitrogens is 2. The van der Waals surface area contributed by atoms with E-state index in [1.54, 1.807) is 23.1 Å².